The summed E-state index contributed by atoms with van der Waals surface area (Å²) in [7, 11) is 1.71. The molecule has 1 aromatic heterocycles. The summed E-state index contributed by atoms with van der Waals surface area (Å²) in [5.41, 5.74) is 11.4. The smallest absolute Gasteiger partial charge is 0.204 e. The number of nitrogens with two attached hydrogens (primary N) is 1. The van der Waals surface area contributed by atoms with Crippen LogP contribution in [0, 0.1) is 0 Å². The van der Waals surface area contributed by atoms with Gasteiger partial charge in [0, 0.05) is 31.4 Å². The minimum atomic E-state index is 0.430. The Morgan fingerprint density at radius 1 is 0.941 bits per heavy atom. The number of hydrogen-bond acceptors (Lipinski definition) is 5. The molecular weight excluding hydrogens is 422 g/mol. The zero-order valence-corrected chi connectivity index (χ0v) is 19.8. The Morgan fingerprint density at radius 2 is 1.65 bits per heavy atom. The molecule has 0 amide bonds. The number of benzene rings is 3. The van der Waals surface area contributed by atoms with Crippen LogP contribution in [0.5, 0.6) is 5.75 Å². The second kappa shape index (κ2) is 10.2. The van der Waals surface area contributed by atoms with Crippen LogP contribution in [0.4, 0.5) is 11.6 Å². The van der Waals surface area contributed by atoms with Crippen molar-refractivity contribution in [2.45, 2.75) is 31.8 Å². The number of nitrogen functional groups attached to an aromatic ring is 1. The third kappa shape index (κ3) is 5.18. The lowest BCUT2D eigenvalue weighted by molar-refractivity contribution is 0.221. The molecule has 5 rings (SSSR count). The molecule has 6 heteroatoms. The number of likely N-dealkylation sites (tertiary alicyclic amines) is 1. The van der Waals surface area contributed by atoms with Crippen molar-refractivity contribution >= 4 is 22.7 Å². The largest absolute Gasteiger partial charge is 0.497 e. The zero-order chi connectivity index (χ0) is 23.3. The molecule has 0 saturated carbocycles. The van der Waals surface area contributed by atoms with E-state index in [0.717, 1.165) is 73.9 Å². The van der Waals surface area contributed by atoms with Gasteiger partial charge in [-0.25, -0.2) is 4.98 Å². The van der Waals surface area contributed by atoms with Gasteiger partial charge in [0.25, 0.3) is 0 Å². The van der Waals surface area contributed by atoms with E-state index < -0.39 is 0 Å². The molecule has 0 spiro atoms. The molecule has 34 heavy (non-hydrogen) atoms. The van der Waals surface area contributed by atoms with Crippen LogP contribution in [0.25, 0.3) is 11.0 Å². The summed E-state index contributed by atoms with van der Waals surface area (Å²) in [6.07, 6.45) is 3.31. The lowest BCUT2D eigenvalue weighted by atomic mass is 10.0. The highest BCUT2D eigenvalue weighted by Crippen LogP contribution is 2.24. The number of fused-ring (bicyclic) bond motifs is 1. The van der Waals surface area contributed by atoms with E-state index in [0.29, 0.717) is 6.04 Å². The molecule has 2 heterocycles. The second-order valence-corrected chi connectivity index (χ2v) is 9.11. The molecule has 176 valence electrons. The van der Waals surface area contributed by atoms with Gasteiger partial charge < -0.3 is 25.3 Å². The minimum Gasteiger partial charge on any atom is -0.497 e. The van der Waals surface area contributed by atoms with Gasteiger partial charge in [0.1, 0.15) is 5.75 Å². The summed E-state index contributed by atoms with van der Waals surface area (Å²) in [6, 6.07) is 25.3. The lowest BCUT2D eigenvalue weighted by Crippen LogP contribution is -2.40. The maximum atomic E-state index is 5.88. The number of anilines is 2. The van der Waals surface area contributed by atoms with Gasteiger partial charge in [0.15, 0.2) is 0 Å². The molecule has 1 saturated heterocycles. The second-order valence-electron chi connectivity index (χ2n) is 9.11. The van der Waals surface area contributed by atoms with Crippen molar-refractivity contribution in [3.8, 4) is 5.75 Å². The monoisotopic (exact) mass is 455 g/mol. The Hall–Kier alpha value is -3.51. The molecule has 0 radical (unpaired) electrons. The first-order chi connectivity index (χ1) is 16.7. The number of imidazole rings is 1. The van der Waals surface area contributed by atoms with Gasteiger partial charge >= 0.3 is 0 Å². The van der Waals surface area contributed by atoms with Gasteiger partial charge in [-0.2, -0.15) is 0 Å². The number of hydrogen-bond donors (Lipinski definition) is 2. The van der Waals surface area contributed by atoms with Gasteiger partial charge in [-0.05, 0) is 66.8 Å². The molecule has 1 fully saturated rings. The number of nitrogens with zero attached hydrogens (tertiary/aromatic N) is 3. The zero-order valence-electron chi connectivity index (χ0n) is 19.8. The van der Waals surface area contributed by atoms with E-state index in [-0.39, 0.29) is 0 Å². The molecule has 6 nitrogen and oxygen atoms in total. The lowest BCUT2D eigenvalue weighted by Gasteiger charge is -2.32. The number of rotatable bonds is 8. The van der Waals surface area contributed by atoms with Crippen LogP contribution in [-0.4, -0.2) is 47.2 Å². The average molecular weight is 456 g/mol. The number of nitrogens with one attached hydrogen (secondary N) is 1. The predicted octanol–water partition coefficient (Wildman–Crippen LogP) is 4.79. The van der Waals surface area contributed by atoms with Crippen LogP contribution >= 0.6 is 0 Å². The van der Waals surface area contributed by atoms with Gasteiger partial charge in [-0.15, -0.1) is 0 Å². The molecule has 4 aromatic rings. The maximum Gasteiger partial charge on any atom is 0.204 e. The Labute approximate surface area is 201 Å². The van der Waals surface area contributed by atoms with Crippen LogP contribution in [0.2, 0.25) is 0 Å². The highest BCUT2D eigenvalue weighted by atomic mass is 16.5. The summed E-state index contributed by atoms with van der Waals surface area (Å²) in [5, 5.41) is 3.76. The van der Waals surface area contributed by atoms with E-state index >= 15 is 0 Å². The van der Waals surface area contributed by atoms with Gasteiger partial charge in [0.05, 0.1) is 24.7 Å². The van der Waals surface area contributed by atoms with E-state index in [1.165, 1.54) is 11.1 Å². The number of aromatic nitrogens is 2. The summed E-state index contributed by atoms with van der Waals surface area (Å²) in [6.45, 7) is 4.07. The van der Waals surface area contributed by atoms with Crippen molar-refractivity contribution in [1.29, 1.82) is 0 Å². The first-order valence-electron chi connectivity index (χ1n) is 12.1. The van der Waals surface area contributed by atoms with E-state index in [9.17, 15) is 0 Å². The fraction of sp³-hybridized carbons (Fsp3) is 0.321. The molecule has 0 bridgehead atoms. The Balaban J connectivity index is 1.21. The summed E-state index contributed by atoms with van der Waals surface area (Å²) < 4.78 is 7.55. The van der Waals surface area contributed by atoms with E-state index in [1.54, 1.807) is 7.11 Å². The highest BCUT2D eigenvalue weighted by molar-refractivity contribution is 5.78. The van der Waals surface area contributed by atoms with Gasteiger partial charge in [-0.3, -0.25) is 0 Å². The topological polar surface area (TPSA) is 68.3 Å². The van der Waals surface area contributed by atoms with Crippen molar-refractivity contribution in [3.05, 3.63) is 83.9 Å². The van der Waals surface area contributed by atoms with E-state index in [2.05, 4.69) is 57.2 Å². The van der Waals surface area contributed by atoms with Crippen LogP contribution in [0.1, 0.15) is 24.0 Å². The van der Waals surface area contributed by atoms with Crippen molar-refractivity contribution in [2.75, 3.05) is 37.8 Å². The third-order valence-electron chi connectivity index (χ3n) is 6.77. The molecule has 0 unspecified atom stereocenters. The predicted molar refractivity (Wildman–Crippen MR) is 139 cm³/mol. The van der Waals surface area contributed by atoms with Crippen molar-refractivity contribution in [3.63, 3.8) is 0 Å². The third-order valence-corrected chi connectivity index (χ3v) is 6.77. The quantitative estimate of drug-likeness (QED) is 0.374. The standard InChI is InChI=1S/C28H33N5O/c1-34-25-12-8-21(9-13-25)14-17-32-18-15-24(16-19-32)30-28-31-26-4-2-3-5-27(26)33(28)20-22-6-10-23(29)11-7-22/h2-13,24H,14-20,29H2,1H3,(H,30,31). The van der Waals surface area contributed by atoms with Crippen LogP contribution < -0.4 is 15.8 Å². The molecule has 3 aromatic carbocycles. The maximum absolute atomic E-state index is 5.88. The van der Waals surface area contributed by atoms with E-state index in [1.807, 2.05) is 30.3 Å². The van der Waals surface area contributed by atoms with Crippen molar-refractivity contribution in [1.82, 2.24) is 14.5 Å². The van der Waals surface area contributed by atoms with Gasteiger partial charge in [0.2, 0.25) is 5.95 Å². The molecule has 1 aliphatic heterocycles. The normalized spacial score (nSPS) is 15.0. The Morgan fingerprint density at radius 3 is 2.38 bits per heavy atom. The number of methoxy groups -OCH3 is 1. The van der Waals surface area contributed by atoms with Crippen LogP contribution in [0.15, 0.2) is 72.8 Å². The number of ether oxygens (including phenoxy) is 1. The SMILES string of the molecule is COc1ccc(CCN2CCC(Nc3nc4ccccc4n3Cc3ccc(N)cc3)CC2)cc1. The molecule has 0 atom stereocenters. The summed E-state index contributed by atoms with van der Waals surface area (Å²) in [4.78, 5) is 7.50. The average Bonchev–Trinajstić information content (AvgIpc) is 3.22. The van der Waals surface area contributed by atoms with Crippen molar-refractivity contribution in [2.24, 2.45) is 0 Å². The van der Waals surface area contributed by atoms with Crippen LogP contribution in [0.3, 0.4) is 0 Å². The summed E-state index contributed by atoms with van der Waals surface area (Å²) in [5.74, 6) is 1.87. The molecular formula is C28H33N5O. The van der Waals surface area contributed by atoms with Crippen LogP contribution in [-0.2, 0) is 13.0 Å². The number of para-hydroxylation sites is 2. The first kappa shape index (κ1) is 22.3. The molecule has 3 N–H and O–H groups in total. The Kier molecular flexibility index (Phi) is 6.67. The fourth-order valence-corrected chi connectivity index (χ4v) is 4.71. The molecule has 0 aliphatic carbocycles. The highest BCUT2D eigenvalue weighted by Gasteiger charge is 2.21. The summed E-state index contributed by atoms with van der Waals surface area (Å²) >= 11 is 0. The number of piperidine rings is 1. The van der Waals surface area contributed by atoms with Crippen molar-refractivity contribution < 1.29 is 4.74 Å². The van der Waals surface area contributed by atoms with Gasteiger partial charge in [-0.1, -0.05) is 36.4 Å². The fourth-order valence-electron chi connectivity index (χ4n) is 4.71. The minimum absolute atomic E-state index is 0.430. The Bertz CT molecular complexity index is 1210. The van der Waals surface area contributed by atoms with E-state index in [4.69, 9.17) is 15.5 Å². The molecule has 1 aliphatic rings. The first-order valence-corrected chi connectivity index (χ1v) is 12.1.